The monoisotopic (exact) mass is 287 g/mol. The molecular weight excluding hydrogens is 262 g/mol. The van der Waals surface area contributed by atoms with Gasteiger partial charge in [-0.15, -0.1) is 0 Å². The Morgan fingerprint density at radius 3 is 2.95 bits per heavy atom. The number of piperidine rings is 1. The number of carbonyl (C=O) groups excluding carboxylic acids is 1. The molecule has 2 saturated heterocycles. The molecule has 114 valence electrons. The van der Waals surface area contributed by atoms with Gasteiger partial charge in [-0.2, -0.15) is 0 Å². The maximum Gasteiger partial charge on any atom is 0.221 e. The van der Waals surface area contributed by atoms with Crippen molar-refractivity contribution in [3.05, 3.63) is 29.8 Å². The second-order valence-corrected chi connectivity index (χ2v) is 6.44. The SMILES string of the molecule is CC(=O)Nc1cccc(C(C)NC2CCN3CCC2C3)c1. The zero-order valence-corrected chi connectivity index (χ0v) is 12.9. The minimum atomic E-state index is -0.0221. The van der Waals surface area contributed by atoms with E-state index < -0.39 is 0 Å². The van der Waals surface area contributed by atoms with Crippen LogP contribution in [0.2, 0.25) is 0 Å². The molecule has 0 radical (unpaired) electrons. The van der Waals surface area contributed by atoms with Gasteiger partial charge < -0.3 is 15.5 Å². The van der Waals surface area contributed by atoms with Crippen LogP contribution >= 0.6 is 0 Å². The van der Waals surface area contributed by atoms with E-state index in [2.05, 4.69) is 34.6 Å². The number of anilines is 1. The van der Waals surface area contributed by atoms with Gasteiger partial charge in [0.05, 0.1) is 0 Å². The van der Waals surface area contributed by atoms with Crippen LogP contribution in [0.25, 0.3) is 0 Å². The molecule has 21 heavy (non-hydrogen) atoms. The maximum absolute atomic E-state index is 11.2. The van der Waals surface area contributed by atoms with Gasteiger partial charge in [0.2, 0.25) is 5.91 Å². The lowest BCUT2D eigenvalue weighted by molar-refractivity contribution is -0.114. The molecule has 0 spiro atoms. The van der Waals surface area contributed by atoms with Gasteiger partial charge in [-0.05, 0) is 56.5 Å². The van der Waals surface area contributed by atoms with Crippen LogP contribution in [0.3, 0.4) is 0 Å². The summed E-state index contributed by atoms with van der Waals surface area (Å²) < 4.78 is 0. The first-order valence-electron chi connectivity index (χ1n) is 7.98. The third-order valence-corrected chi connectivity index (χ3v) is 4.81. The normalized spacial score (nSPS) is 29.1. The molecule has 2 aliphatic heterocycles. The Morgan fingerprint density at radius 2 is 2.14 bits per heavy atom. The summed E-state index contributed by atoms with van der Waals surface area (Å²) in [5.41, 5.74) is 2.12. The fourth-order valence-electron chi connectivity index (χ4n) is 3.68. The Hall–Kier alpha value is -1.39. The molecule has 0 aliphatic carbocycles. The molecule has 0 aromatic heterocycles. The van der Waals surface area contributed by atoms with Crippen molar-refractivity contribution in [2.75, 3.05) is 25.0 Å². The van der Waals surface area contributed by atoms with Crippen LogP contribution < -0.4 is 10.6 Å². The number of rotatable bonds is 4. The van der Waals surface area contributed by atoms with Gasteiger partial charge in [0.15, 0.2) is 0 Å². The van der Waals surface area contributed by atoms with Crippen molar-refractivity contribution >= 4 is 11.6 Å². The fraction of sp³-hybridized carbons (Fsp3) is 0.588. The topological polar surface area (TPSA) is 44.4 Å². The highest BCUT2D eigenvalue weighted by Crippen LogP contribution is 2.29. The molecular formula is C17H25N3O. The molecule has 4 nitrogen and oxygen atoms in total. The molecule has 2 bridgehead atoms. The standard InChI is InChI=1S/C17H25N3O/c1-12(14-4-3-5-16(10-14)19-13(2)21)18-17-7-9-20-8-6-15(17)11-20/h3-5,10,12,15,17-18H,6-9,11H2,1-2H3,(H,19,21). The van der Waals surface area contributed by atoms with E-state index in [1.54, 1.807) is 6.92 Å². The Kier molecular flexibility index (Phi) is 4.27. The summed E-state index contributed by atoms with van der Waals surface area (Å²) in [5, 5.41) is 6.66. The lowest BCUT2D eigenvalue weighted by Gasteiger charge is -2.33. The van der Waals surface area contributed by atoms with Crippen LogP contribution in [0.15, 0.2) is 24.3 Å². The second kappa shape index (κ2) is 6.16. The number of nitrogens with zero attached hydrogens (tertiary/aromatic N) is 1. The number of nitrogens with one attached hydrogen (secondary N) is 2. The van der Waals surface area contributed by atoms with E-state index in [4.69, 9.17) is 0 Å². The van der Waals surface area contributed by atoms with E-state index in [0.29, 0.717) is 12.1 Å². The molecule has 1 aromatic carbocycles. The van der Waals surface area contributed by atoms with Crippen molar-refractivity contribution < 1.29 is 4.79 Å². The van der Waals surface area contributed by atoms with Gasteiger partial charge in [0.1, 0.15) is 0 Å². The van der Waals surface area contributed by atoms with Crippen LogP contribution in [-0.4, -0.2) is 36.5 Å². The molecule has 1 aromatic rings. The first-order valence-corrected chi connectivity index (χ1v) is 7.98. The smallest absolute Gasteiger partial charge is 0.221 e. The Morgan fingerprint density at radius 1 is 1.33 bits per heavy atom. The fourth-order valence-corrected chi connectivity index (χ4v) is 3.68. The Bertz CT molecular complexity index is 517. The largest absolute Gasteiger partial charge is 0.326 e. The average Bonchev–Trinajstić information content (AvgIpc) is 2.84. The number of carbonyl (C=O) groups is 1. The highest BCUT2D eigenvalue weighted by Gasteiger charge is 2.34. The van der Waals surface area contributed by atoms with Crippen molar-refractivity contribution in [2.24, 2.45) is 5.92 Å². The molecule has 4 atom stereocenters. The molecule has 2 fully saturated rings. The number of hydrogen-bond acceptors (Lipinski definition) is 3. The van der Waals surface area contributed by atoms with Crippen molar-refractivity contribution in [2.45, 2.75) is 38.8 Å². The van der Waals surface area contributed by atoms with E-state index in [9.17, 15) is 4.79 Å². The second-order valence-electron chi connectivity index (χ2n) is 6.44. The minimum absolute atomic E-state index is 0.0221. The third-order valence-electron chi connectivity index (χ3n) is 4.81. The van der Waals surface area contributed by atoms with Crippen LogP contribution in [0, 0.1) is 5.92 Å². The quantitative estimate of drug-likeness (QED) is 0.893. The predicted molar refractivity (Wildman–Crippen MR) is 85.2 cm³/mol. The van der Waals surface area contributed by atoms with Gasteiger partial charge in [0, 0.05) is 31.2 Å². The van der Waals surface area contributed by atoms with E-state index >= 15 is 0 Å². The van der Waals surface area contributed by atoms with Crippen LogP contribution in [0.4, 0.5) is 5.69 Å². The summed E-state index contributed by atoms with van der Waals surface area (Å²) in [7, 11) is 0. The lowest BCUT2D eigenvalue weighted by Crippen LogP contribution is -2.44. The number of fused-ring (bicyclic) bond motifs is 2. The summed E-state index contributed by atoms with van der Waals surface area (Å²) in [6.45, 7) is 7.52. The Balaban J connectivity index is 1.64. The van der Waals surface area contributed by atoms with Crippen molar-refractivity contribution in [1.29, 1.82) is 0 Å². The van der Waals surface area contributed by atoms with Crippen LogP contribution in [0.1, 0.15) is 38.3 Å². The maximum atomic E-state index is 11.2. The molecule has 4 unspecified atom stereocenters. The minimum Gasteiger partial charge on any atom is -0.326 e. The summed E-state index contributed by atoms with van der Waals surface area (Å²) in [6, 6.07) is 9.10. The van der Waals surface area contributed by atoms with E-state index in [-0.39, 0.29) is 5.91 Å². The first-order chi connectivity index (χ1) is 10.1. The number of hydrogen-bond donors (Lipinski definition) is 2. The van der Waals surface area contributed by atoms with Gasteiger partial charge in [-0.1, -0.05) is 12.1 Å². The summed E-state index contributed by atoms with van der Waals surface area (Å²) in [4.78, 5) is 13.7. The van der Waals surface area contributed by atoms with Gasteiger partial charge in [0.25, 0.3) is 0 Å². The molecule has 2 heterocycles. The zero-order valence-electron chi connectivity index (χ0n) is 12.9. The molecule has 0 saturated carbocycles. The van der Waals surface area contributed by atoms with E-state index in [1.807, 2.05) is 12.1 Å². The molecule has 3 rings (SSSR count). The van der Waals surface area contributed by atoms with Gasteiger partial charge in [-0.3, -0.25) is 4.79 Å². The zero-order chi connectivity index (χ0) is 14.8. The molecule has 2 aliphatic rings. The number of benzene rings is 1. The van der Waals surface area contributed by atoms with Crippen molar-refractivity contribution in [3.8, 4) is 0 Å². The highest BCUT2D eigenvalue weighted by molar-refractivity contribution is 5.88. The first kappa shape index (κ1) is 14.5. The molecule has 2 N–H and O–H groups in total. The van der Waals surface area contributed by atoms with E-state index in [0.717, 1.165) is 11.6 Å². The molecule has 4 heteroatoms. The summed E-state index contributed by atoms with van der Waals surface area (Å²) in [6.07, 6.45) is 2.58. The van der Waals surface area contributed by atoms with Crippen LogP contribution in [0.5, 0.6) is 0 Å². The Labute approximate surface area is 126 Å². The number of amides is 1. The average molecular weight is 287 g/mol. The molecule has 1 amide bonds. The van der Waals surface area contributed by atoms with Crippen molar-refractivity contribution in [1.82, 2.24) is 10.2 Å². The highest BCUT2D eigenvalue weighted by atomic mass is 16.1. The third kappa shape index (κ3) is 3.44. The summed E-state index contributed by atoms with van der Waals surface area (Å²) >= 11 is 0. The van der Waals surface area contributed by atoms with Gasteiger partial charge >= 0.3 is 0 Å². The van der Waals surface area contributed by atoms with E-state index in [1.165, 1.54) is 38.0 Å². The summed E-state index contributed by atoms with van der Waals surface area (Å²) in [5.74, 6) is 0.783. The van der Waals surface area contributed by atoms with Crippen LogP contribution in [-0.2, 0) is 4.79 Å². The predicted octanol–water partition coefficient (Wildman–Crippen LogP) is 2.39. The van der Waals surface area contributed by atoms with Gasteiger partial charge in [-0.25, -0.2) is 0 Å². The van der Waals surface area contributed by atoms with Crippen molar-refractivity contribution in [3.63, 3.8) is 0 Å². The lowest BCUT2D eigenvalue weighted by atomic mass is 9.92.